The first-order valence-corrected chi connectivity index (χ1v) is 18.0. The molecule has 0 spiro atoms. The van der Waals surface area contributed by atoms with Crippen molar-refractivity contribution in [3.05, 3.63) is 35.9 Å². The SMILES string of the molecule is CC(C)CCC[C@@H](C)[C@H]1CC[C@H]2[C@@H]3CC=C4C[C@@H](SSc5nc6ccccc6[nH]5)CC[C@]4(C)[C@H]3CC[C@]12C. The summed E-state index contributed by atoms with van der Waals surface area (Å²) in [6, 6.07) is 8.39. The van der Waals surface area contributed by atoms with E-state index in [0.29, 0.717) is 16.1 Å². The van der Waals surface area contributed by atoms with Crippen LogP contribution < -0.4 is 0 Å². The molecule has 8 atom stereocenters. The van der Waals surface area contributed by atoms with E-state index < -0.39 is 0 Å². The van der Waals surface area contributed by atoms with Gasteiger partial charge in [0, 0.05) is 5.25 Å². The van der Waals surface area contributed by atoms with E-state index in [4.69, 9.17) is 4.98 Å². The van der Waals surface area contributed by atoms with Crippen LogP contribution in [0.4, 0.5) is 0 Å². The molecule has 0 bridgehead atoms. The van der Waals surface area contributed by atoms with E-state index in [0.717, 1.165) is 51.7 Å². The van der Waals surface area contributed by atoms with Crippen molar-refractivity contribution in [2.75, 3.05) is 0 Å². The molecule has 1 heterocycles. The van der Waals surface area contributed by atoms with Crippen LogP contribution in [-0.2, 0) is 0 Å². The number of nitrogens with one attached hydrogen (secondary N) is 1. The van der Waals surface area contributed by atoms with Crippen molar-refractivity contribution in [2.45, 2.75) is 116 Å². The number of hydrogen-bond acceptors (Lipinski definition) is 3. The molecule has 0 unspecified atom stereocenters. The van der Waals surface area contributed by atoms with Crippen molar-refractivity contribution < 1.29 is 0 Å². The van der Waals surface area contributed by atoms with Gasteiger partial charge in [0.05, 0.1) is 11.0 Å². The summed E-state index contributed by atoms with van der Waals surface area (Å²) in [6.07, 6.45) is 18.4. The normalized spacial score (nSPS) is 37.5. The number of aromatic amines is 1. The van der Waals surface area contributed by atoms with E-state index in [1.807, 2.05) is 16.4 Å². The zero-order chi connectivity index (χ0) is 26.5. The Hall–Kier alpha value is -0.870. The third-order valence-corrected chi connectivity index (χ3v) is 14.6. The largest absolute Gasteiger partial charge is 0.332 e. The standard InChI is InChI=1S/C34H50N2S2/c1-22(2)9-8-10-23(3)27-15-16-28-26-14-13-24-21-25(17-19-33(24,4)29(26)18-20-34(27,28)5)37-38-32-35-30-11-6-7-12-31(30)36-32/h6-7,11-13,22-23,25-29H,8-10,14-21H2,1-5H3,(H,35,36)/t23-,25+,26+,27-,28+,29+,33+,34-/m1/s1. The van der Waals surface area contributed by atoms with Gasteiger partial charge in [0.15, 0.2) is 5.16 Å². The van der Waals surface area contributed by atoms with Crippen molar-refractivity contribution >= 4 is 32.6 Å². The van der Waals surface area contributed by atoms with Gasteiger partial charge < -0.3 is 4.98 Å². The average Bonchev–Trinajstić information content (AvgIpc) is 3.47. The zero-order valence-electron chi connectivity index (χ0n) is 24.5. The Morgan fingerprint density at radius 3 is 2.66 bits per heavy atom. The molecule has 2 aromatic rings. The summed E-state index contributed by atoms with van der Waals surface area (Å²) < 4.78 is 0. The van der Waals surface area contributed by atoms with Gasteiger partial charge in [-0.05, 0) is 121 Å². The molecule has 38 heavy (non-hydrogen) atoms. The Kier molecular flexibility index (Phi) is 7.79. The average molecular weight is 551 g/mol. The van der Waals surface area contributed by atoms with Crippen molar-refractivity contribution in [3.63, 3.8) is 0 Å². The smallest absolute Gasteiger partial charge is 0.177 e. The second-order valence-electron chi connectivity index (χ2n) is 14.4. The maximum Gasteiger partial charge on any atom is 0.177 e. The van der Waals surface area contributed by atoms with Crippen LogP contribution in [0.1, 0.15) is 105 Å². The van der Waals surface area contributed by atoms with E-state index in [2.05, 4.69) is 80.7 Å². The highest BCUT2D eigenvalue weighted by Crippen LogP contribution is 2.67. The van der Waals surface area contributed by atoms with Crippen molar-refractivity contribution in [1.82, 2.24) is 9.97 Å². The zero-order valence-corrected chi connectivity index (χ0v) is 26.1. The van der Waals surface area contributed by atoms with Gasteiger partial charge in [0.25, 0.3) is 0 Å². The summed E-state index contributed by atoms with van der Waals surface area (Å²) in [5.41, 5.74) is 5.09. The van der Waals surface area contributed by atoms with Crippen LogP contribution in [0.2, 0.25) is 0 Å². The first kappa shape index (κ1) is 27.3. The first-order chi connectivity index (χ1) is 18.3. The summed E-state index contributed by atoms with van der Waals surface area (Å²) >= 11 is 0. The maximum atomic E-state index is 4.80. The van der Waals surface area contributed by atoms with E-state index in [1.54, 1.807) is 0 Å². The summed E-state index contributed by atoms with van der Waals surface area (Å²) in [5.74, 6) is 5.53. The lowest BCUT2D eigenvalue weighted by atomic mass is 9.47. The fraction of sp³-hybridized carbons (Fsp3) is 0.735. The highest BCUT2D eigenvalue weighted by Gasteiger charge is 2.59. The van der Waals surface area contributed by atoms with Gasteiger partial charge >= 0.3 is 0 Å². The van der Waals surface area contributed by atoms with Gasteiger partial charge in [0.1, 0.15) is 0 Å². The fourth-order valence-electron chi connectivity index (χ4n) is 9.82. The van der Waals surface area contributed by atoms with Gasteiger partial charge in [-0.2, -0.15) is 0 Å². The van der Waals surface area contributed by atoms with Gasteiger partial charge in [-0.3, -0.25) is 0 Å². The minimum absolute atomic E-state index is 0.451. The van der Waals surface area contributed by atoms with Gasteiger partial charge in [-0.1, -0.05) is 88.5 Å². The van der Waals surface area contributed by atoms with Crippen molar-refractivity contribution in [3.8, 4) is 0 Å². The molecule has 0 saturated heterocycles. The predicted molar refractivity (Wildman–Crippen MR) is 166 cm³/mol. The van der Waals surface area contributed by atoms with E-state index in [9.17, 15) is 0 Å². The number of allylic oxidation sites excluding steroid dienone is 2. The quantitative estimate of drug-likeness (QED) is 0.262. The molecule has 4 heteroatoms. The summed E-state index contributed by atoms with van der Waals surface area (Å²) in [5, 5.41) is 1.77. The fourth-order valence-corrected chi connectivity index (χ4v) is 12.2. The molecule has 1 N–H and O–H groups in total. The lowest BCUT2D eigenvalue weighted by Gasteiger charge is -2.58. The molecule has 3 saturated carbocycles. The van der Waals surface area contributed by atoms with Crippen LogP contribution in [0.15, 0.2) is 41.1 Å². The number of nitrogens with zero attached hydrogens (tertiary/aromatic N) is 1. The summed E-state index contributed by atoms with van der Waals surface area (Å²) in [4.78, 5) is 8.30. The molecule has 6 rings (SSSR count). The second-order valence-corrected chi connectivity index (χ2v) is 16.9. The Labute approximate surface area is 239 Å². The molecule has 208 valence electrons. The predicted octanol–water partition coefficient (Wildman–Crippen LogP) is 10.7. The van der Waals surface area contributed by atoms with Crippen LogP contribution in [0.3, 0.4) is 0 Å². The molecule has 1 aromatic carbocycles. The van der Waals surface area contributed by atoms with Crippen molar-refractivity contribution in [2.24, 2.45) is 46.3 Å². The molecule has 1 aromatic heterocycles. The third kappa shape index (κ3) is 4.93. The van der Waals surface area contributed by atoms with Crippen LogP contribution in [0.25, 0.3) is 11.0 Å². The Morgan fingerprint density at radius 1 is 1.00 bits per heavy atom. The Bertz CT molecular complexity index is 1120. The van der Waals surface area contributed by atoms with Crippen LogP contribution in [-0.4, -0.2) is 15.2 Å². The monoisotopic (exact) mass is 550 g/mol. The van der Waals surface area contributed by atoms with Gasteiger partial charge in [-0.25, -0.2) is 4.98 Å². The number of imidazole rings is 1. The first-order valence-electron chi connectivity index (χ1n) is 15.8. The number of rotatable bonds is 8. The Morgan fingerprint density at radius 2 is 1.84 bits per heavy atom. The molecule has 3 fully saturated rings. The molecule has 0 radical (unpaired) electrons. The molecule has 4 aliphatic rings. The van der Waals surface area contributed by atoms with E-state index >= 15 is 0 Å². The molecule has 0 amide bonds. The minimum atomic E-state index is 0.451. The lowest BCUT2D eigenvalue weighted by Crippen LogP contribution is -2.50. The molecular formula is C34H50N2S2. The maximum absolute atomic E-state index is 4.80. The number of H-pyrrole nitrogens is 1. The molecule has 0 aliphatic heterocycles. The van der Waals surface area contributed by atoms with Gasteiger partial charge in [0.2, 0.25) is 0 Å². The lowest BCUT2D eigenvalue weighted by molar-refractivity contribution is -0.0497. The van der Waals surface area contributed by atoms with Crippen LogP contribution >= 0.6 is 21.6 Å². The third-order valence-electron chi connectivity index (χ3n) is 11.9. The second kappa shape index (κ2) is 10.8. The Balaban J connectivity index is 1.10. The van der Waals surface area contributed by atoms with Crippen LogP contribution in [0.5, 0.6) is 0 Å². The topological polar surface area (TPSA) is 28.7 Å². The number of benzene rings is 1. The highest BCUT2D eigenvalue weighted by atomic mass is 33.1. The molecule has 2 nitrogen and oxygen atoms in total. The number of aromatic nitrogens is 2. The van der Waals surface area contributed by atoms with E-state index in [1.165, 1.54) is 70.6 Å². The van der Waals surface area contributed by atoms with Gasteiger partial charge in [-0.15, -0.1) is 0 Å². The summed E-state index contributed by atoms with van der Waals surface area (Å²) in [7, 11) is 3.92. The minimum Gasteiger partial charge on any atom is -0.332 e. The van der Waals surface area contributed by atoms with Crippen molar-refractivity contribution in [1.29, 1.82) is 0 Å². The number of para-hydroxylation sites is 2. The molecule has 4 aliphatic carbocycles. The molecular weight excluding hydrogens is 501 g/mol. The summed E-state index contributed by atoms with van der Waals surface area (Å²) in [6.45, 7) is 12.8. The number of fused-ring (bicyclic) bond motifs is 6. The number of hydrogen-bond donors (Lipinski definition) is 1. The van der Waals surface area contributed by atoms with E-state index in [-0.39, 0.29) is 0 Å². The highest BCUT2D eigenvalue weighted by molar-refractivity contribution is 8.76. The van der Waals surface area contributed by atoms with Crippen LogP contribution in [0, 0.1) is 46.3 Å².